The number of hydrogen-bond donors (Lipinski definition) is 2. The van der Waals surface area contributed by atoms with Crippen molar-refractivity contribution >= 4 is 28.9 Å². The first kappa shape index (κ1) is 12.0. The lowest BCUT2D eigenvalue weighted by atomic mass is 10.1. The molecule has 1 fully saturated rings. The van der Waals surface area contributed by atoms with Crippen LogP contribution in [0.2, 0.25) is 5.02 Å². The van der Waals surface area contributed by atoms with Gasteiger partial charge in [-0.2, -0.15) is 0 Å². The minimum absolute atomic E-state index is 0.0450. The summed E-state index contributed by atoms with van der Waals surface area (Å²) in [7, 11) is 0. The number of carbonyl (C=O) groups excluding carboxylic acids is 1. The minimum Gasteiger partial charge on any atom is -0.398 e. The van der Waals surface area contributed by atoms with Gasteiger partial charge in [-0.05, 0) is 31.5 Å². The highest BCUT2D eigenvalue weighted by Gasteiger charge is 2.26. The molecule has 1 aliphatic rings. The predicted molar refractivity (Wildman–Crippen MR) is 70.4 cm³/mol. The molecule has 2 rings (SSSR count). The smallest absolute Gasteiger partial charge is 0.242 e. The van der Waals surface area contributed by atoms with Crippen LogP contribution in [-0.2, 0) is 4.79 Å². The Balaban J connectivity index is 2.39. The van der Waals surface area contributed by atoms with E-state index < -0.39 is 0 Å². The van der Waals surface area contributed by atoms with Crippen LogP contribution in [0.15, 0.2) is 12.1 Å². The summed E-state index contributed by atoms with van der Waals surface area (Å²) in [5.41, 5.74) is 8.34. The summed E-state index contributed by atoms with van der Waals surface area (Å²) in [5.74, 6) is 0.0450. The minimum atomic E-state index is -0.179. The molecule has 0 bridgehead atoms. The van der Waals surface area contributed by atoms with E-state index in [2.05, 4.69) is 10.2 Å². The van der Waals surface area contributed by atoms with E-state index in [1.165, 1.54) is 0 Å². The maximum atomic E-state index is 11.6. The molecule has 3 N–H and O–H groups in total. The number of amides is 1. The third-order valence-corrected chi connectivity index (χ3v) is 3.45. The molecular weight excluding hydrogens is 238 g/mol. The van der Waals surface area contributed by atoms with E-state index in [-0.39, 0.29) is 11.9 Å². The number of nitrogens with two attached hydrogens (primary N) is 1. The highest BCUT2D eigenvalue weighted by Crippen LogP contribution is 2.30. The topological polar surface area (TPSA) is 58.4 Å². The average Bonchev–Trinajstić information content (AvgIpc) is 2.28. The number of benzene rings is 1. The number of nitrogens with zero attached hydrogens (tertiary/aromatic N) is 1. The maximum absolute atomic E-state index is 11.6. The molecule has 1 unspecified atom stereocenters. The summed E-state index contributed by atoms with van der Waals surface area (Å²) in [5, 5.41) is 3.37. The van der Waals surface area contributed by atoms with E-state index >= 15 is 0 Å². The van der Waals surface area contributed by atoms with Gasteiger partial charge in [-0.1, -0.05) is 11.6 Å². The molecule has 1 aliphatic heterocycles. The van der Waals surface area contributed by atoms with E-state index in [1.54, 1.807) is 0 Å². The Hall–Kier alpha value is -1.42. The first-order valence-electron chi connectivity index (χ1n) is 5.60. The van der Waals surface area contributed by atoms with Crippen molar-refractivity contribution in [2.75, 3.05) is 23.7 Å². The molecule has 1 heterocycles. The third-order valence-electron chi connectivity index (χ3n) is 3.12. The zero-order chi connectivity index (χ0) is 12.6. The van der Waals surface area contributed by atoms with E-state index in [1.807, 2.05) is 26.0 Å². The third kappa shape index (κ3) is 2.17. The first-order valence-corrected chi connectivity index (χ1v) is 5.98. The molecule has 1 amide bonds. The second-order valence-electron chi connectivity index (χ2n) is 4.32. The largest absolute Gasteiger partial charge is 0.398 e. The van der Waals surface area contributed by atoms with Crippen LogP contribution in [0, 0.1) is 6.92 Å². The van der Waals surface area contributed by atoms with Gasteiger partial charge in [0.15, 0.2) is 0 Å². The highest BCUT2D eigenvalue weighted by atomic mass is 35.5. The fraction of sp³-hybridized carbons (Fsp3) is 0.417. The Bertz CT molecular complexity index is 461. The number of rotatable bonds is 1. The van der Waals surface area contributed by atoms with E-state index in [4.69, 9.17) is 17.3 Å². The number of carbonyl (C=O) groups is 1. The molecule has 0 radical (unpaired) electrons. The second kappa shape index (κ2) is 4.45. The van der Waals surface area contributed by atoms with Crippen molar-refractivity contribution in [3.8, 4) is 0 Å². The van der Waals surface area contributed by atoms with Crippen LogP contribution < -0.4 is 16.0 Å². The Morgan fingerprint density at radius 3 is 2.94 bits per heavy atom. The van der Waals surface area contributed by atoms with Crippen molar-refractivity contribution in [1.82, 2.24) is 5.32 Å². The van der Waals surface area contributed by atoms with Gasteiger partial charge in [0, 0.05) is 18.8 Å². The van der Waals surface area contributed by atoms with Crippen molar-refractivity contribution in [3.63, 3.8) is 0 Å². The summed E-state index contributed by atoms with van der Waals surface area (Å²) < 4.78 is 0. The molecule has 5 heteroatoms. The van der Waals surface area contributed by atoms with Gasteiger partial charge in [-0.25, -0.2) is 0 Å². The molecule has 17 heavy (non-hydrogen) atoms. The molecule has 0 saturated carbocycles. The number of piperazine rings is 1. The van der Waals surface area contributed by atoms with Crippen LogP contribution in [0.4, 0.5) is 11.4 Å². The Labute approximate surface area is 106 Å². The maximum Gasteiger partial charge on any atom is 0.242 e. The molecule has 0 spiro atoms. The summed E-state index contributed by atoms with van der Waals surface area (Å²) in [4.78, 5) is 13.7. The van der Waals surface area contributed by atoms with E-state index in [0.29, 0.717) is 17.3 Å². The summed E-state index contributed by atoms with van der Waals surface area (Å²) in [6, 6.07) is 3.50. The van der Waals surface area contributed by atoms with E-state index in [0.717, 1.165) is 17.8 Å². The molecule has 1 saturated heterocycles. The van der Waals surface area contributed by atoms with Gasteiger partial charge in [0.1, 0.15) is 6.04 Å². The quantitative estimate of drug-likeness (QED) is 0.747. The monoisotopic (exact) mass is 253 g/mol. The van der Waals surface area contributed by atoms with Gasteiger partial charge in [-0.15, -0.1) is 0 Å². The van der Waals surface area contributed by atoms with Gasteiger partial charge in [0.2, 0.25) is 5.91 Å². The van der Waals surface area contributed by atoms with Crippen LogP contribution in [-0.4, -0.2) is 25.0 Å². The fourth-order valence-corrected chi connectivity index (χ4v) is 2.27. The molecule has 92 valence electrons. The van der Waals surface area contributed by atoms with Crippen LogP contribution in [0.3, 0.4) is 0 Å². The number of anilines is 2. The van der Waals surface area contributed by atoms with Crippen LogP contribution in [0.1, 0.15) is 12.5 Å². The second-order valence-corrected chi connectivity index (χ2v) is 4.73. The zero-order valence-corrected chi connectivity index (χ0v) is 10.7. The fourth-order valence-electron chi connectivity index (χ4n) is 2.11. The lowest BCUT2D eigenvalue weighted by Crippen LogP contribution is -2.54. The molecule has 1 aromatic carbocycles. The Morgan fingerprint density at radius 1 is 1.53 bits per heavy atom. The lowest BCUT2D eigenvalue weighted by Gasteiger charge is -2.35. The van der Waals surface area contributed by atoms with Crippen LogP contribution >= 0.6 is 11.6 Å². The van der Waals surface area contributed by atoms with E-state index in [9.17, 15) is 4.79 Å². The first-order chi connectivity index (χ1) is 8.00. The molecule has 0 aliphatic carbocycles. The van der Waals surface area contributed by atoms with Gasteiger partial charge in [-0.3, -0.25) is 4.79 Å². The predicted octanol–water partition coefficient (Wildman–Crippen LogP) is 1.56. The summed E-state index contributed by atoms with van der Waals surface area (Å²) in [6.07, 6.45) is 0. The van der Waals surface area contributed by atoms with Gasteiger partial charge in [0.25, 0.3) is 0 Å². The van der Waals surface area contributed by atoms with Crippen LogP contribution in [0.5, 0.6) is 0 Å². The van der Waals surface area contributed by atoms with Crippen molar-refractivity contribution in [3.05, 3.63) is 22.7 Å². The van der Waals surface area contributed by atoms with Crippen molar-refractivity contribution in [2.24, 2.45) is 0 Å². The SMILES string of the molecule is Cc1cc(N)c(Cl)cc1N1CCNC(=O)C1C. The summed E-state index contributed by atoms with van der Waals surface area (Å²) in [6.45, 7) is 5.30. The van der Waals surface area contributed by atoms with Crippen molar-refractivity contribution in [2.45, 2.75) is 19.9 Å². The Kier molecular flexibility index (Phi) is 3.15. The molecule has 0 aromatic heterocycles. The van der Waals surface area contributed by atoms with Gasteiger partial charge < -0.3 is 16.0 Å². The van der Waals surface area contributed by atoms with Crippen molar-refractivity contribution in [1.29, 1.82) is 0 Å². The summed E-state index contributed by atoms with van der Waals surface area (Å²) >= 11 is 6.04. The molecule has 4 nitrogen and oxygen atoms in total. The number of halogens is 1. The normalized spacial score (nSPS) is 20.3. The standard InChI is InChI=1S/C12H16ClN3O/c1-7-5-10(14)9(13)6-11(7)16-4-3-15-12(17)8(16)2/h5-6,8H,3-4,14H2,1-2H3,(H,15,17). The molecule has 1 atom stereocenters. The Morgan fingerprint density at radius 2 is 2.24 bits per heavy atom. The molecule has 1 aromatic rings. The number of nitrogens with one attached hydrogen (secondary N) is 1. The lowest BCUT2D eigenvalue weighted by molar-refractivity contribution is -0.122. The molecular formula is C12H16ClN3O. The van der Waals surface area contributed by atoms with Crippen molar-refractivity contribution < 1.29 is 4.79 Å². The average molecular weight is 254 g/mol. The highest BCUT2D eigenvalue weighted by molar-refractivity contribution is 6.33. The number of nitrogen functional groups attached to an aromatic ring is 1. The van der Waals surface area contributed by atoms with Crippen LogP contribution in [0.25, 0.3) is 0 Å². The zero-order valence-electron chi connectivity index (χ0n) is 9.96. The number of hydrogen-bond acceptors (Lipinski definition) is 3. The number of aryl methyl sites for hydroxylation is 1. The van der Waals surface area contributed by atoms with Gasteiger partial charge >= 0.3 is 0 Å². The van der Waals surface area contributed by atoms with Gasteiger partial charge in [0.05, 0.1) is 10.7 Å².